The Hall–Kier alpha value is -3.12. The fourth-order valence-electron chi connectivity index (χ4n) is 6.50. The second-order valence-corrected chi connectivity index (χ2v) is 11.4. The van der Waals surface area contributed by atoms with Crippen molar-refractivity contribution in [1.82, 2.24) is 0 Å². The number of hydrogen-bond acceptors (Lipinski definition) is 0. The lowest BCUT2D eigenvalue weighted by atomic mass is 9.64. The first-order valence-corrected chi connectivity index (χ1v) is 14.3. The van der Waals surface area contributed by atoms with E-state index in [1.54, 1.807) is 0 Å². The second kappa shape index (κ2) is 10.3. The van der Waals surface area contributed by atoms with Crippen LogP contribution < -0.4 is 0 Å². The minimum absolute atomic E-state index is 0.318. The van der Waals surface area contributed by atoms with E-state index in [4.69, 9.17) is 0 Å². The first-order chi connectivity index (χ1) is 17.9. The molecule has 0 saturated carbocycles. The Kier molecular flexibility index (Phi) is 7.13. The van der Waals surface area contributed by atoms with Gasteiger partial charge in [0.05, 0.1) is 5.41 Å². The monoisotopic (exact) mass is 486 g/mol. The molecule has 37 heavy (non-hydrogen) atoms. The molecule has 0 bridgehead atoms. The summed E-state index contributed by atoms with van der Waals surface area (Å²) in [6, 6.07) is 28.8. The van der Waals surface area contributed by atoms with Crippen LogP contribution in [-0.4, -0.2) is 0 Å². The molecule has 0 nitrogen and oxygen atoms in total. The van der Waals surface area contributed by atoms with E-state index >= 15 is 0 Å². The lowest BCUT2D eigenvalue weighted by Crippen LogP contribution is -2.31. The normalized spacial score (nSPS) is 13.5. The third-order valence-electron chi connectivity index (χ3n) is 8.50. The maximum absolute atomic E-state index is 2.55. The maximum Gasteiger partial charge on any atom is 0.0719 e. The average molecular weight is 487 g/mol. The van der Waals surface area contributed by atoms with Crippen molar-refractivity contribution < 1.29 is 0 Å². The Bertz CT molecular complexity index is 1320. The number of hydrogen-bond donors (Lipinski definition) is 0. The Morgan fingerprint density at radius 3 is 1.32 bits per heavy atom. The van der Waals surface area contributed by atoms with Gasteiger partial charge in [0.2, 0.25) is 0 Å². The van der Waals surface area contributed by atoms with Gasteiger partial charge in [0.25, 0.3) is 0 Å². The molecule has 0 aliphatic heterocycles. The molecule has 1 aliphatic rings. The minimum atomic E-state index is -0.318. The van der Waals surface area contributed by atoms with Crippen molar-refractivity contribution in [3.05, 3.63) is 128 Å². The molecule has 1 aliphatic carbocycles. The summed E-state index contributed by atoms with van der Waals surface area (Å²) in [6.07, 6.45) is 7.17. The molecule has 0 radical (unpaired) electrons. The molecule has 190 valence electrons. The highest BCUT2D eigenvalue weighted by atomic mass is 14.5. The number of benzene rings is 4. The summed E-state index contributed by atoms with van der Waals surface area (Å²) in [5.74, 6) is 0. The van der Waals surface area contributed by atoms with Gasteiger partial charge < -0.3 is 0 Å². The van der Waals surface area contributed by atoms with Gasteiger partial charge in [-0.05, 0) is 109 Å². The van der Waals surface area contributed by atoms with Crippen LogP contribution >= 0.6 is 0 Å². The number of aryl methyl sites for hydroxylation is 6. The third kappa shape index (κ3) is 4.35. The lowest BCUT2D eigenvalue weighted by Gasteiger charge is -2.37. The van der Waals surface area contributed by atoms with Gasteiger partial charge in [0.1, 0.15) is 0 Å². The van der Waals surface area contributed by atoms with Crippen molar-refractivity contribution >= 4 is 0 Å². The largest absolute Gasteiger partial charge is 0.0719 e. The molecule has 0 spiro atoms. The van der Waals surface area contributed by atoms with E-state index in [-0.39, 0.29) is 5.41 Å². The van der Waals surface area contributed by atoms with Crippen LogP contribution in [0.25, 0.3) is 11.1 Å². The summed E-state index contributed by atoms with van der Waals surface area (Å²) in [5.41, 5.74) is 16.6. The van der Waals surface area contributed by atoms with E-state index in [2.05, 4.69) is 114 Å². The second-order valence-electron chi connectivity index (χ2n) is 11.4. The van der Waals surface area contributed by atoms with Gasteiger partial charge in [-0.15, -0.1) is 0 Å². The zero-order chi connectivity index (χ0) is 26.2. The predicted molar refractivity (Wildman–Crippen MR) is 160 cm³/mol. The Morgan fingerprint density at radius 1 is 0.486 bits per heavy atom. The highest BCUT2D eigenvalue weighted by Crippen LogP contribution is 2.58. The molecule has 0 heterocycles. The van der Waals surface area contributed by atoms with Crippen molar-refractivity contribution in [3.63, 3.8) is 0 Å². The summed E-state index contributed by atoms with van der Waals surface area (Å²) in [4.78, 5) is 0. The Morgan fingerprint density at radius 2 is 0.919 bits per heavy atom. The fourth-order valence-corrected chi connectivity index (χ4v) is 6.50. The van der Waals surface area contributed by atoms with Crippen molar-refractivity contribution in [2.75, 3.05) is 0 Å². The number of fused-ring (bicyclic) bond motifs is 3. The third-order valence-corrected chi connectivity index (χ3v) is 8.50. The SMILES string of the molecule is CCCCc1ccc(C)c(C2(c3cc(CCCC)ccc3C)c3cc(C)ccc3-c3ccc(C)cc32)c1. The summed E-state index contributed by atoms with van der Waals surface area (Å²) in [6.45, 7) is 13.7. The van der Waals surface area contributed by atoms with Crippen LogP contribution in [0.2, 0.25) is 0 Å². The quantitative estimate of drug-likeness (QED) is 0.205. The molecule has 0 atom stereocenters. The van der Waals surface area contributed by atoms with Gasteiger partial charge in [-0.2, -0.15) is 0 Å². The summed E-state index contributed by atoms with van der Waals surface area (Å²) in [7, 11) is 0. The molecule has 0 unspecified atom stereocenters. The molecule has 0 N–H and O–H groups in total. The van der Waals surface area contributed by atoms with E-state index in [1.807, 2.05) is 0 Å². The number of unbranched alkanes of at least 4 members (excludes halogenated alkanes) is 2. The summed E-state index contributed by atoms with van der Waals surface area (Å²) < 4.78 is 0. The molecule has 0 aromatic heterocycles. The highest BCUT2D eigenvalue weighted by Gasteiger charge is 2.47. The number of rotatable bonds is 8. The zero-order valence-electron chi connectivity index (χ0n) is 23.7. The molecule has 0 saturated heterocycles. The topological polar surface area (TPSA) is 0 Å². The van der Waals surface area contributed by atoms with Gasteiger partial charge in [0.15, 0.2) is 0 Å². The average Bonchev–Trinajstić information content (AvgIpc) is 3.16. The highest BCUT2D eigenvalue weighted by molar-refractivity contribution is 5.87. The molecule has 0 heteroatoms. The smallest absolute Gasteiger partial charge is 0.0654 e. The molecular weight excluding hydrogens is 444 g/mol. The Balaban J connectivity index is 1.93. The Labute approximate surface area is 224 Å². The first kappa shape index (κ1) is 25.5. The molecule has 0 amide bonds. The summed E-state index contributed by atoms with van der Waals surface area (Å²) in [5, 5.41) is 0. The van der Waals surface area contributed by atoms with Crippen LogP contribution in [0.4, 0.5) is 0 Å². The van der Waals surface area contributed by atoms with Crippen LogP contribution in [0.3, 0.4) is 0 Å². The van der Waals surface area contributed by atoms with Gasteiger partial charge in [0, 0.05) is 0 Å². The van der Waals surface area contributed by atoms with Crippen LogP contribution in [0.1, 0.15) is 95.2 Å². The van der Waals surface area contributed by atoms with Crippen LogP contribution in [0.5, 0.6) is 0 Å². The molecular formula is C37H42. The summed E-state index contributed by atoms with van der Waals surface area (Å²) >= 11 is 0. The standard InChI is InChI=1S/C37H42/c1-7-9-11-29-17-15-27(5)33(23-29)37(34-24-30(12-10-8-2)18-16-28(34)6)35-21-25(3)13-19-31(35)32-20-14-26(4)22-36(32)37/h13-24H,7-12H2,1-6H3. The molecule has 4 aromatic rings. The van der Waals surface area contributed by atoms with Crippen molar-refractivity contribution in [3.8, 4) is 11.1 Å². The predicted octanol–water partition coefficient (Wildman–Crippen LogP) is 9.97. The lowest BCUT2D eigenvalue weighted by molar-refractivity contribution is 0.737. The fraction of sp³-hybridized carbons (Fsp3) is 0.351. The molecule has 4 aromatic carbocycles. The van der Waals surface area contributed by atoms with Gasteiger partial charge in [-0.1, -0.05) is 111 Å². The van der Waals surface area contributed by atoms with E-state index in [0.717, 1.165) is 12.8 Å². The van der Waals surface area contributed by atoms with Crippen LogP contribution in [0, 0.1) is 27.7 Å². The van der Waals surface area contributed by atoms with Gasteiger partial charge >= 0.3 is 0 Å². The molecule has 0 fully saturated rings. The van der Waals surface area contributed by atoms with Gasteiger partial charge in [-0.3, -0.25) is 0 Å². The first-order valence-electron chi connectivity index (χ1n) is 14.3. The minimum Gasteiger partial charge on any atom is -0.0654 e. The van der Waals surface area contributed by atoms with Gasteiger partial charge in [-0.25, -0.2) is 0 Å². The van der Waals surface area contributed by atoms with E-state index < -0.39 is 0 Å². The van der Waals surface area contributed by atoms with Crippen molar-refractivity contribution in [2.45, 2.75) is 85.5 Å². The van der Waals surface area contributed by atoms with E-state index in [9.17, 15) is 0 Å². The maximum atomic E-state index is 2.55. The molecule has 5 rings (SSSR count). The van der Waals surface area contributed by atoms with E-state index in [0.29, 0.717) is 0 Å². The van der Waals surface area contributed by atoms with Crippen LogP contribution in [0.15, 0.2) is 72.8 Å². The zero-order valence-corrected chi connectivity index (χ0v) is 23.7. The van der Waals surface area contributed by atoms with Crippen molar-refractivity contribution in [2.24, 2.45) is 0 Å². The van der Waals surface area contributed by atoms with E-state index in [1.165, 1.54) is 92.4 Å². The van der Waals surface area contributed by atoms with Crippen molar-refractivity contribution in [1.29, 1.82) is 0 Å². The van der Waals surface area contributed by atoms with Crippen LogP contribution in [-0.2, 0) is 18.3 Å².